The van der Waals surface area contributed by atoms with Crippen LogP contribution in [0.1, 0.15) is 25.3 Å². The molecule has 0 aliphatic rings. The van der Waals surface area contributed by atoms with Crippen molar-refractivity contribution < 1.29 is 4.79 Å². The highest BCUT2D eigenvalue weighted by atomic mass is 16.1. The molecule has 0 radical (unpaired) electrons. The van der Waals surface area contributed by atoms with Crippen LogP contribution in [0.5, 0.6) is 0 Å². The van der Waals surface area contributed by atoms with Gasteiger partial charge in [-0.3, -0.25) is 4.79 Å². The molecule has 1 amide bonds. The molecule has 4 heteroatoms. The SMILES string of the molecule is CCCCNCC(=O)Nc1ccc(C#N)cc1. The van der Waals surface area contributed by atoms with Gasteiger partial charge in [0.1, 0.15) is 0 Å². The second kappa shape index (κ2) is 7.42. The number of rotatable bonds is 6. The standard InChI is InChI=1S/C13H17N3O/c1-2-3-8-15-10-13(17)16-12-6-4-11(9-14)5-7-12/h4-7,15H,2-3,8,10H2,1H3,(H,16,17). The van der Waals surface area contributed by atoms with Crippen LogP contribution in [-0.4, -0.2) is 19.0 Å². The van der Waals surface area contributed by atoms with Crippen molar-refractivity contribution in [1.82, 2.24) is 5.32 Å². The lowest BCUT2D eigenvalue weighted by Gasteiger charge is -2.06. The average molecular weight is 231 g/mol. The van der Waals surface area contributed by atoms with Crippen LogP contribution < -0.4 is 10.6 Å². The first-order valence-electron chi connectivity index (χ1n) is 5.77. The molecule has 17 heavy (non-hydrogen) atoms. The molecule has 0 spiro atoms. The molecule has 1 aromatic carbocycles. The molecule has 4 nitrogen and oxygen atoms in total. The first-order valence-corrected chi connectivity index (χ1v) is 5.77. The number of nitrogens with zero attached hydrogens (tertiary/aromatic N) is 1. The molecule has 0 aliphatic heterocycles. The second-order valence-corrected chi connectivity index (χ2v) is 3.77. The van der Waals surface area contributed by atoms with Crippen molar-refractivity contribution in [3.8, 4) is 6.07 Å². The van der Waals surface area contributed by atoms with Crippen molar-refractivity contribution >= 4 is 11.6 Å². The predicted octanol–water partition coefficient (Wildman–Crippen LogP) is 1.89. The van der Waals surface area contributed by atoms with E-state index in [1.165, 1.54) is 0 Å². The fraction of sp³-hybridized carbons (Fsp3) is 0.385. The zero-order chi connectivity index (χ0) is 12.5. The highest BCUT2D eigenvalue weighted by Gasteiger charge is 2.01. The van der Waals surface area contributed by atoms with E-state index in [2.05, 4.69) is 17.6 Å². The molecule has 0 saturated heterocycles. The molecular weight excluding hydrogens is 214 g/mol. The van der Waals surface area contributed by atoms with Gasteiger partial charge in [-0.05, 0) is 37.2 Å². The quantitative estimate of drug-likeness (QED) is 0.735. The van der Waals surface area contributed by atoms with Crippen LogP contribution in [0.3, 0.4) is 0 Å². The molecule has 0 unspecified atom stereocenters. The number of nitrogens with one attached hydrogen (secondary N) is 2. The average Bonchev–Trinajstić information content (AvgIpc) is 2.36. The Morgan fingerprint density at radius 2 is 2.06 bits per heavy atom. The van der Waals surface area contributed by atoms with Crippen LogP contribution in [0, 0.1) is 11.3 Å². The summed E-state index contributed by atoms with van der Waals surface area (Å²) in [5.74, 6) is -0.0641. The van der Waals surface area contributed by atoms with E-state index >= 15 is 0 Å². The van der Waals surface area contributed by atoms with Gasteiger partial charge in [0.2, 0.25) is 5.91 Å². The Kier molecular flexibility index (Phi) is 5.76. The Morgan fingerprint density at radius 1 is 1.35 bits per heavy atom. The number of nitriles is 1. The molecule has 0 fully saturated rings. The molecule has 0 aromatic heterocycles. The molecule has 0 heterocycles. The second-order valence-electron chi connectivity index (χ2n) is 3.77. The van der Waals surface area contributed by atoms with Crippen molar-refractivity contribution in [3.05, 3.63) is 29.8 Å². The molecule has 0 bridgehead atoms. The van der Waals surface area contributed by atoms with E-state index < -0.39 is 0 Å². The molecule has 1 aromatic rings. The Labute approximate surface area is 102 Å². The number of amides is 1. The lowest BCUT2D eigenvalue weighted by molar-refractivity contribution is -0.115. The van der Waals surface area contributed by atoms with Gasteiger partial charge in [-0.2, -0.15) is 5.26 Å². The molecule has 0 aliphatic carbocycles. The van der Waals surface area contributed by atoms with Crippen molar-refractivity contribution in [2.45, 2.75) is 19.8 Å². The van der Waals surface area contributed by atoms with Gasteiger partial charge in [0.05, 0.1) is 18.2 Å². The molecule has 1 rings (SSSR count). The lowest BCUT2D eigenvalue weighted by atomic mass is 10.2. The van der Waals surface area contributed by atoms with Crippen LogP contribution >= 0.6 is 0 Å². The molecular formula is C13H17N3O. The zero-order valence-corrected chi connectivity index (χ0v) is 9.99. The zero-order valence-electron chi connectivity index (χ0n) is 9.99. The third kappa shape index (κ3) is 5.14. The monoisotopic (exact) mass is 231 g/mol. The largest absolute Gasteiger partial charge is 0.325 e. The number of carbonyl (C=O) groups excluding carboxylic acids is 1. The minimum Gasteiger partial charge on any atom is -0.325 e. The topological polar surface area (TPSA) is 64.9 Å². The Morgan fingerprint density at radius 3 is 2.65 bits per heavy atom. The van der Waals surface area contributed by atoms with E-state index in [0.29, 0.717) is 17.8 Å². The van der Waals surface area contributed by atoms with E-state index in [4.69, 9.17) is 5.26 Å². The predicted molar refractivity (Wildman–Crippen MR) is 67.6 cm³/mol. The number of hydrogen-bond acceptors (Lipinski definition) is 3. The number of carbonyl (C=O) groups is 1. The highest BCUT2D eigenvalue weighted by Crippen LogP contribution is 2.08. The minimum atomic E-state index is -0.0641. The maximum absolute atomic E-state index is 11.5. The van der Waals surface area contributed by atoms with Gasteiger partial charge in [-0.25, -0.2) is 0 Å². The van der Waals surface area contributed by atoms with E-state index in [1.807, 2.05) is 6.07 Å². The van der Waals surface area contributed by atoms with Gasteiger partial charge in [-0.15, -0.1) is 0 Å². The summed E-state index contributed by atoms with van der Waals surface area (Å²) in [6.07, 6.45) is 2.19. The van der Waals surface area contributed by atoms with E-state index in [1.54, 1.807) is 24.3 Å². The fourth-order valence-corrected chi connectivity index (χ4v) is 1.34. The van der Waals surface area contributed by atoms with Gasteiger partial charge < -0.3 is 10.6 Å². The number of anilines is 1. The smallest absolute Gasteiger partial charge is 0.238 e. The third-order valence-corrected chi connectivity index (χ3v) is 2.29. The maximum Gasteiger partial charge on any atom is 0.238 e. The summed E-state index contributed by atoms with van der Waals surface area (Å²) in [6, 6.07) is 8.84. The van der Waals surface area contributed by atoms with Gasteiger partial charge in [0.25, 0.3) is 0 Å². The molecule has 90 valence electrons. The van der Waals surface area contributed by atoms with Crippen LogP contribution in [-0.2, 0) is 4.79 Å². The maximum atomic E-state index is 11.5. The van der Waals surface area contributed by atoms with Crippen molar-refractivity contribution in [2.24, 2.45) is 0 Å². The molecule has 0 atom stereocenters. The first-order chi connectivity index (χ1) is 8.26. The fourth-order valence-electron chi connectivity index (χ4n) is 1.34. The van der Waals surface area contributed by atoms with E-state index in [-0.39, 0.29) is 5.91 Å². The van der Waals surface area contributed by atoms with Gasteiger partial charge in [-0.1, -0.05) is 13.3 Å². The van der Waals surface area contributed by atoms with Gasteiger partial charge in [0, 0.05) is 5.69 Å². The summed E-state index contributed by atoms with van der Waals surface area (Å²) in [5, 5.41) is 14.5. The van der Waals surface area contributed by atoms with Gasteiger partial charge >= 0.3 is 0 Å². The van der Waals surface area contributed by atoms with Crippen molar-refractivity contribution in [3.63, 3.8) is 0 Å². The third-order valence-electron chi connectivity index (χ3n) is 2.29. The summed E-state index contributed by atoms with van der Waals surface area (Å²) in [5.41, 5.74) is 1.30. The Hall–Kier alpha value is -1.86. The summed E-state index contributed by atoms with van der Waals surface area (Å²) in [6.45, 7) is 3.29. The van der Waals surface area contributed by atoms with Crippen molar-refractivity contribution in [2.75, 3.05) is 18.4 Å². The summed E-state index contributed by atoms with van der Waals surface area (Å²) < 4.78 is 0. The molecule has 0 saturated carbocycles. The van der Waals surface area contributed by atoms with E-state index in [0.717, 1.165) is 19.4 Å². The lowest BCUT2D eigenvalue weighted by Crippen LogP contribution is -2.28. The Balaban J connectivity index is 2.32. The number of hydrogen-bond donors (Lipinski definition) is 2. The number of benzene rings is 1. The normalized spacial score (nSPS) is 9.65. The first kappa shape index (κ1) is 13.2. The number of unbranched alkanes of at least 4 members (excludes halogenated alkanes) is 1. The van der Waals surface area contributed by atoms with E-state index in [9.17, 15) is 4.79 Å². The van der Waals surface area contributed by atoms with Gasteiger partial charge in [0.15, 0.2) is 0 Å². The summed E-state index contributed by atoms with van der Waals surface area (Å²) in [4.78, 5) is 11.5. The summed E-state index contributed by atoms with van der Waals surface area (Å²) in [7, 11) is 0. The van der Waals surface area contributed by atoms with Crippen LogP contribution in [0.25, 0.3) is 0 Å². The van der Waals surface area contributed by atoms with Crippen LogP contribution in [0.15, 0.2) is 24.3 Å². The molecule has 2 N–H and O–H groups in total. The van der Waals surface area contributed by atoms with Crippen molar-refractivity contribution in [1.29, 1.82) is 5.26 Å². The summed E-state index contributed by atoms with van der Waals surface area (Å²) >= 11 is 0. The minimum absolute atomic E-state index is 0.0641. The Bertz CT molecular complexity index is 392. The highest BCUT2D eigenvalue weighted by molar-refractivity contribution is 5.92. The van der Waals surface area contributed by atoms with Crippen LogP contribution in [0.4, 0.5) is 5.69 Å². The van der Waals surface area contributed by atoms with Crippen LogP contribution in [0.2, 0.25) is 0 Å².